The molecule has 0 aliphatic carbocycles. The second-order valence-electron chi connectivity index (χ2n) is 3.40. The molecule has 1 aromatic heterocycles. The van der Waals surface area contributed by atoms with E-state index in [1.54, 1.807) is 0 Å². The van der Waals surface area contributed by atoms with E-state index in [9.17, 15) is 21.6 Å². The van der Waals surface area contributed by atoms with E-state index < -0.39 is 48.2 Å². The number of carbonyl (C=O) groups is 1. The number of nitrogens with two attached hydrogens (primary N) is 1. The number of ether oxygens (including phenoxy) is 1. The molecule has 9 nitrogen and oxygen atoms in total. The predicted molar refractivity (Wildman–Crippen MR) is 63.4 cm³/mol. The molecule has 11 heteroatoms. The van der Waals surface area contributed by atoms with Crippen LogP contribution in [0.25, 0.3) is 0 Å². The van der Waals surface area contributed by atoms with E-state index in [2.05, 4.69) is 14.7 Å². The summed E-state index contributed by atoms with van der Waals surface area (Å²) in [6, 6.07) is 1.05. The molecule has 0 unspecified atom stereocenters. The summed E-state index contributed by atoms with van der Waals surface area (Å²) >= 11 is 0. The molecule has 0 amide bonds. The van der Waals surface area contributed by atoms with Gasteiger partial charge in [0.15, 0.2) is 14.9 Å². The molecule has 2 N–H and O–H groups in total. The molecule has 1 heterocycles. The molecular weight excluding hydrogens is 298 g/mol. The second-order valence-corrected chi connectivity index (χ2v) is 7.19. The molecule has 0 saturated heterocycles. The molecule has 0 saturated carbocycles. The minimum atomic E-state index is -3.98. The van der Waals surface area contributed by atoms with Gasteiger partial charge in [0.2, 0.25) is 15.8 Å². The number of hydrogen-bond donors (Lipinski definition) is 1. The topological polar surface area (TPSA) is 146 Å². The monoisotopic (exact) mass is 309 g/mol. The minimum absolute atomic E-state index is 0.431. The summed E-state index contributed by atoms with van der Waals surface area (Å²) in [4.78, 5) is 18.2. The van der Waals surface area contributed by atoms with Crippen molar-refractivity contribution in [2.75, 3.05) is 18.6 Å². The third kappa shape index (κ3) is 4.54. The first-order valence-corrected chi connectivity index (χ1v) is 8.17. The normalized spacial score (nSPS) is 12.1. The summed E-state index contributed by atoms with van der Waals surface area (Å²) in [7, 11) is -6.80. The lowest BCUT2D eigenvalue weighted by molar-refractivity contribution is 0.0585. The predicted octanol–water partition coefficient (Wildman–Crippen LogP) is -1.67. The van der Waals surface area contributed by atoms with E-state index in [-0.39, 0.29) is 0 Å². The zero-order valence-electron chi connectivity index (χ0n) is 9.81. The van der Waals surface area contributed by atoms with Crippen LogP contribution in [-0.4, -0.2) is 51.4 Å². The van der Waals surface area contributed by atoms with Gasteiger partial charge in [-0.2, -0.15) is 0 Å². The van der Waals surface area contributed by atoms with E-state index in [4.69, 9.17) is 5.14 Å². The van der Waals surface area contributed by atoms with Crippen LogP contribution in [-0.2, 0) is 24.6 Å². The third-order valence-electron chi connectivity index (χ3n) is 1.95. The highest BCUT2D eigenvalue weighted by atomic mass is 32.2. The standard InChI is InChI=1S/C8H11N3O6S2/c1-17-8(12)7-10-3-2-6(11-7)18(13,14)4-5-19(9,15)16/h2-3H,4-5H2,1H3,(H2,9,15,16). The minimum Gasteiger partial charge on any atom is -0.463 e. The molecule has 0 aliphatic rings. The number of rotatable bonds is 5. The number of sulfonamides is 1. The molecule has 0 spiro atoms. The molecule has 0 aromatic carbocycles. The van der Waals surface area contributed by atoms with Gasteiger partial charge in [0.25, 0.3) is 0 Å². The Morgan fingerprint density at radius 3 is 2.47 bits per heavy atom. The quantitative estimate of drug-likeness (QED) is 0.501. The van der Waals surface area contributed by atoms with E-state index in [1.165, 1.54) is 0 Å². The number of esters is 1. The number of methoxy groups -OCH3 is 1. The maximum atomic E-state index is 11.8. The summed E-state index contributed by atoms with van der Waals surface area (Å²) < 4.78 is 49.4. The van der Waals surface area contributed by atoms with Gasteiger partial charge < -0.3 is 4.74 Å². The lowest BCUT2D eigenvalue weighted by Gasteiger charge is -2.03. The van der Waals surface area contributed by atoms with Crippen LogP contribution in [0.2, 0.25) is 0 Å². The van der Waals surface area contributed by atoms with Gasteiger partial charge in [-0.1, -0.05) is 0 Å². The molecule has 0 bridgehead atoms. The molecule has 19 heavy (non-hydrogen) atoms. The second kappa shape index (κ2) is 5.59. The first-order chi connectivity index (χ1) is 8.65. The number of nitrogens with zero attached hydrogens (tertiary/aromatic N) is 2. The smallest absolute Gasteiger partial charge is 0.376 e. The summed E-state index contributed by atoms with van der Waals surface area (Å²) in [5.41, 5.74) is 0. The first kappa shape index (κ1) is 15.5. The van der Waals surface area contributed by atoms with Crippen LogP contribution in [0.5, 0.6) is 0 Å². The van der Waals surface area contributed by atoms with Crippen LogP contribution >= 0.6 is 0 Å². The Labute approximate surface area is 109 Å². The lowest BCUT2D eigenvalue weighted by atomic mass is 10.5. The molecular formula is C8H11N3O6S2. The van der Waals surface area contributed by atoms with Gasteiger partial charge in [-0.25, -0.2) is 36.7 Å². The van der Waals surface area contributed by atoms with Crippen molar-refractivity contribution in [1.29, 1.82) is 0 Å². The highest BCUT2D eigenvalue weighted by Gasteiger charge is 2.21. The zero-order chi connectivity index (χ0) is 14.7. The van der Waals surface area contributed by atoms with Gasteiger partial charge in [0.1, 0.15) is 0 Å². The van der Waals surface area contributed by atoms with Crippen molar-refractivity contribution in [3.63, 3.8) is 0 Å². The Morgan fingerprint density at radius 2 is 1.95 bits per heavy atom. The van der Waals surface area contributed by atoms with Crippen molar-refractivity contribution in [2.45, 2.75) is 5.03 Å². The van der Waals surface area contributed by atoms with Crippen LogP contribution in [0.15, 0.2) is 17.3 Å². The first-order valence-electron chi connectivity index (χ1n) is 4.80. The fourth-order valence-corrected chi connectivity index (χ4v) is 3.55. The van der Waals surface area contributed by atoms with Crippen molar-refractivity contribution in [3.8, 4) is 0 Å². The third-order valence-corrected chi connectivity index (χ3v) is 4.59. The fourth-order valence-electron chi connectivity index (χ4n) is 1.04. The fraction of sp³-hybridized carbons (Fsp3) is 0.375. The van der Waals surface area contributed by atoms with Gasteiger partial charge in [0.05, 0.1) is 18.6 Å². The summed E-state index contributed by atoms with van der Waals surface area (Å²) in [6.45, 7) is 0. The average molecular weight is 309 g/mol. The maximum Gasteiger partial charge on any atom is 0.376 e. The van der Waals surface area contributed by atoms with Gasteiger partial charge in [0, 0.05) is 6.20 Å². The molecule has 1 rings (SSSR count). The van der Waals surface area contributed by atoms with Gasteiger partial charge in [-0.05, 0) is 6.07 Å². The van der Waals surface area contributed by atoms with Gasteiger partial charge in [-0.3, -0.25) is 0 Å². The summed E-state index contributed by atoms with van der Waals surface area (Å²) in [5.74, 6) is -2.81. The Morgan fingerprint density at radius 1 is 1.32 bits per heavy atom. The highest BCUT2D eigenvalue weighted by Crippen LogP contribution is 2.08. The van der Waals surface area contributed by atoms with E-state index in [1.807, 2.05) is 0 Å². The Balaban J connectivity index is 3.05. The number of sulfone groups is 1. The molecule has 0 radical (unpaired) electrons. The molecule has 0 fully saturated rings. The molecule has 106 valence electrons. The zero-order valence-corrected chi connectivity index (χ0v) is 11.4. The van der Waals surface area contributed by atoms with Crippen LogP contribution in [0.1, 0.15) is 10.6 Å². The largest absolute Gasteiger partial charge is 0.463 e. The van der Waals surface area contributed by atoms with Crippen LogP contribution in [0.3, 0.4) is 0 Å². The van der Waals surface area contributed by atoms with Crippen LogP contribution in [0, 0.1) is 0 Å². The van der Waals surface area contributed by atoms with E-state index in [0.717, 1.165) is 19.4 Å². The molecule has 0 atom stereocenters. The van der Waals surface area contributed by atoms with Crippen molar-refractivity contribution >= 4 is 25.8 Å². The van der Waals surface area contributed by atoms with Crippen molar-refractivity contribution in [1.82, 2.24) is 9.97 Å². The average Bonchev–Trinajstić information content (AvgIpc) is 2.35. The number of hydrogen-bond acceptors (Lipinski definition) is 8. The highest BCUT2D eigenvalue weighted by molar-refractivity contribution is 7.94. The van der Waals surface area contributed by atoms with Crippen LogP contribution in [0.4, 0.5) is 0 Å². The van der Waals surface area contributed by atoms with E-state index >= 15 is 0 Å². The number of carbonyl (C=O) groups excluding carboxylic acids is 1. The Kier molecular flexibility index (Phi) is 4.55. The molecule has 0 aliphatic heterocycles. The van der Waals surface area contributed by atoms with Crippen LogP contribution < -0.4 is 5.14 Å². The maximum absolute atomic E-state index is 11.8. The van der Waals surface area contributed by atoms with Crippen molar-refractivity contribution in [2.24, 2.45) is 5.14 Å². The Bertz CT molecular complexity index is 682. The number of aromatic nitrogens is 2. The van der Waals surface area contributed by atoms with Gasteiger partial charge in [-0.15, -0.1) is 0 Å². The summed E-state index contributed by atoms with van der Waals surface area (Å²) in [6.07, 6.45) is 1.06. The van der Waals surface area contributed by atoms with E-state index in [0.29, 0.717) is 0 Å². The van der Waals surface area contributed by atoms with Gasteiger partial charge >= 0.3 is 5.97 Å². The Hall–Kier alpha value is -1.59. The molecule has 1 aromatic rings. The lowest BCUT2D eigenvalue weighted by Crippen LogP contribution is -2.24. The number of primary sulfonamides is 1. The summed E-state index contributed by atoms with van der Waals surface area (Å²) in [5, 5.41) is 4.26. The SMILES string of the molecule is COC(=O)c1nccc(S(=O)(=O)CCS(N)(=O)=O)n1. The van der Waals surface area contributed by atoms with Crippen molar-refractivity contribution in [3.05, 3.63) is 18.1 Å². The van der Waals surface area contributed by atoms with Crippen molar-refractivity contribution < 1.29 is 26.4 Å².